The van der Waals surface area contributed by atoms with E-state index in [9.17, 15) is 26.3 Å². The van der Waals surface area contributed by atoms with Crippen LogP contribution in [-0.4, -0.2) is 20.1 Å². The molecule has 0 radical (unpaired) electrons. The van der Waals surface area contributed by atoms with Gasteiger partial charge >= 0.3 is 18.2 Å². The second kappa shape index (κ2) is 6.42. The molecule has 2 aromatic heterocycles. The van der Waals surface area contributed by atoms with Gasteiger partial charge in [-0.05, 0) is 30.5 Å². The molecular formula is C17H11F6N5O. The molecule has 29 heavy (non-hydrogen) atoms. The van der Waals surface area contributed by atoms with Gasteiger partial charge in [-0.2, -0.15) is 31.3 Å². The topological polar surface area (TPSA) is 76.7 Å². The van der Waals surface area contributed by atoms with Gasteiger partial charge in [0.1, 0.15) is 0 Å². The average molecular weight is 415 g/mol. The van der Waals surface area contributed by atoms with E-state index in [1.54, 1.807) is 6.07 Å². The van der Waals surface area contributed by atoms with Crippen molar-refractivity contribution in [3.05, 3.63) is 53.7 Å². The number of rotatable bonds is 4. The Morgan fingerprint density at radius 2 is 1.66 bits per heavy atom. The number of anilines is 1. The first kappa shape index (κ1) is 19.2. The van der Waals surface area contributed by atoms with Gasteiger partial charge in [-0.15, -0.1) is 0 Å². The summed E-state index contributed by atoms with van der Waals surface area (Å²) in [4.78, 5) is 11.2. The molecule has 0 bridgehead atoms. The number of nitrogens with one attached hydrogen (secondary N) is 1. The summed E-state index contributed by atoms with van der Waals surface area (Å²) in [6.45, 7) is 0. The lowest BCUT2D eigenvalue weighted by Gasteiger charge is -2.19. The number of aromatic nitrogens is 4. The zero-order valence-electron chi connectivity index (χ0n) is 14.3. The molecule has 6 nitrogen and oxygen atoms in total. The van der Waals surface area contributed by atoms with Crippen LogP contribution in [0.1, 0.15) is 29.9 Å². The summed E-state index contributed by atoms with van der Waals surface area (Å²) >= 11 is 0. The fourth-order valence-electron chi connectivity index (χ4n) is 2.78. The van der Waals surface area contributed by atoms with Crippen molar-refractivity contribution in [1.29, 1.82) is 0 Å². The Balaban J connectivity index is 1.53. The third-order valence-corrected chi connectivity index (χ3v) is 4.42. The lowest BCUT2D eigenvalue weighted by Crippen LogP contribution is -2.21. The predicted octanol–water partition coefficient (Wildman–Crippen LogP) is 4.67. The quantitative estimate of drug-likeness (QED) is 0.625. The fraction of sp³-hybridized carbons (Fsp3) is 0.294. The molecule has 12 heteroatoms. The van der Waals surface area contributed by atoms with Gasteiger partial charge in [0, 0.05) is 12.4 Å². The number of benzene rings is 1. The third-order valence-electron chi connectivity index (χ3n) is 4.42. The summed E-state index contributed by atoms with van der Waals surface area (Å²) in [6.07, 6.45) is -5.66. The lowest BCUT2D eigenvalue weighted by molar-refractivity contribution is -0.159. The van der Waals surface area contributed by atoms with Crippen LogP contribution in [0.15, 0.2) is 41.2 Å². The van der Waals surface area contributed by atoms with Gasteiger partial charge in [0.25, 0.3) is 0 Å². The number of nitrogens with zero attached hydrogens (tertiary/aromatic N) is 4. The van der Waals surface area contributed by atoms with Crippen LogP contribution in [-0.2, 0) is 17.9 Å². The van der Waals surface area contributed by atoms with E-state index in [0.717, 1.165) is 12.1 Å². The van der Waals surface area contributed by atoms with E-state index in [0.29, 0.717) is 18.4 Å². The predicted molar refractivity (Wildman–Crippen MR) is 86.3 cm³/mol. The molecule has 152 valence electrons. The molecule has 1 aliphatic carbocycles. The number of hydrogen-bond donors (Lipinski definition) is 1. The summed E-state index contributed by atoms with van der Waals surface area (Å²) in [5.41, 5.74) is -0.929. The highest BCUT2D eigenvalue weighted by atomic mass is 19.4. The van der Waals surface area contributed by atoms with E-state index in [4.69, 9.17) is 0 Å². The van der Waals surface area contributed by atoms with Crippen molar-refractivity contribution < 1.29 is 30.9 Å². The van der Waals surface area contributed by atoms with E-state index >= 15 is 0 Å². The Bertz CT molecular complexity index is 1020. The van der Waals surface area contributed by atoms with Crippen molar-refractivity contribution in [2.24, 2.45) is 0 Å². The summed E-state index contributed by atoms with van der Waals surface area (Å²) in [5, 5.41) is 6.24. The molecular weight excluding hydrogens is 404 g/mol. The second-order valence-electron chi connectivity index (χ2n) is 6.50. The highest BCUT2D eigenvalue weighted by molar-refractivity contribution is 5.53. The van der Waals surface area contributed by atoms with Crippen LogP contribution >= 0.6 is 0 Å². The summed E-state index contributed by atoms with van der Waals surface area (Å²) < 4.78 is 80.6. The highest BCUT2D eigenvalue weighted by Gasteiger charge is 2.46. The summed E-state index contributed by atoms with van der Waals surface area (Å²) in [6, 6.07) is 4.98. The van der Waals surface area contributed by atoms with Crippen LogP contribution in [0.5, 0.6) is 0 Å². The molecule has 2 heterocycles. The molecule has 1 aromatic carbocycles. The Kier molecular flexibility index (Phi) is 4.24. The van der Waals surface area contributed by atoms with Gasteiger partial charge in [0.05, 0.1) is 16.7 Å². The van der Waals surface area contributed by atoms with Crippen LogP contribution in [0.25, 0.3) is 11.4 Å². The van der Waals surface area contributed by atoms with E-state index in [1.807, 2.05) is 0 Å². The maximum absolute atomic E-state index is 12.9. The molecule has 1 aliphatic rings. The Labute approximate surface area is 159 Å². The zero-order chi connectivity index (χ0) is 20.9. The van der Waals surface area contributed by atoms with Crippen molar-refractivity contribution in [3.63, 3.8) is 0 Å². The lowest BCUT2D eigenvalue weighted by atomic mass is 10.0. The number of hydrogen-bond acceptors (Lipinski definition) is 6. The monoisotopic (exact) mass is 415 g/mol. The average Bonchev–Trinajstić information content (AvgIpc) is 3.25. The van der Waals surface area contributed by atoms with Crippen LogP contribution in [0.4, 0.5) is 32.3 Å². The standard InChI is InChI=1S/C17H11F6N5O/c18-16(19,20)11-3-1-2-10(6-11)15(4-5-15)27-14-24-7-9(8-25-14)12-26-13(29-28-12)17(21,22)23/h1-3,6-8H,4-5H2,(H,24,25,27). The summed E-state index contributed by atoms with van der Waals surface area (Å²) in [5.74, 6) is -1.71. The van der Waals surface area contributed by atoms with Crippen molar-refractivity contribution in [2.75, 3.05) is 5.32 Å². The molecule has 0 aliphatic heterocycles. The van der Waals surface area contributed by atoms with Crippen molar-refractivity contribution in [1.82, 2.24) is 20.1 Å². The van der Waals surface area contributed by atoms with Crippen LogP contribution in [0.3, 0.4) is 0 Å². The largest absolute Gasteiger partial charge is 0.471 e. The minimum absolute atomic E-state index is 0.0960. The SMILES string of the molecule is FC(F)(F)c1cccc(C2(Nc3ncc(-c4noc(C(F)(F)F)n4)cn3)CC2)c1. The van der Waals surface area contributed by atoms with Crippen LogP contribution < -0.4 is 5.32 Å². The van der Waals surface area contributed by atoms with E-state index in [2.05, 4.69) is 29.9 Å². The molecule has 0 spiro atoms. The molecule has 0 unspecified atom stereocenters. The van der Waals surface area contributed by atoms with Gasteiger partial charge in [0.15, 0.2) is 0 Å². The van der Waals surface area contributed by atoms with Crippen LogP contribution in [0.2, 0.25) is 0 Å². The smallest absolute Gasteiger partial charge is 0.345 e. The summed E-state index contributed by atoms with van der Waals surface area (Å²) in [7, 11) is 0. The molecule has 1 saturated carbocycles. The Hall–Kier alpha value is -3.18. The Morgan fingerprint density at radius 3 is 2.21 bits per heavy atom. The molecule has 4 rings (SSSR count). The molecule has 1 N–H and O–H groups in total. The van der Waals surface area contributed by atoms with Gasteiger partial charge in [-0.25, -0.2) is 9.97 Å². The number of halogens is 6. The molecule has 0 amide bonds. The zero-order valence-corrected chi connectivity index (χ0v) is 14.3. The van der Waals surface area contributed by atoms with Crippen molar-refractivity contribution in [2.45, 2.75) is 30.7 Å². The van der Waals surface area contributed by atoms with Gasteiger partial charge in [-0.3, -0.25) is 0 Å². The number of alkyl halides is 6. The van der Waals surface area contributed by atoms with Gasteiger partial charge in [-0.1, -0.05) is 17.3 Å². The first-order valence-electron chi connectivity index (χ1n) is 8.26. The first-order chi connectivity index (χ1) is 13.6. The maximum Gasteiger partial charge on any atom is 0.471 e. The van der Waals surface area contributed by atoms with Gasteiger partial charge in [0.2, 0.25) is 11.8 Å². The fourth-order valence-corrected chi connectivity index (χ4v) is 2.78. The molecule has 3 aromatic rings. The van der Waals surface area contributed by atoms with Crippen molar-refractivity contribution >= 4 is 5.95 Å². The minimum atomic E-state index is -4.77. The Morgan fingerprint density at radius 1 is 0.966 bits per heavy atom. The molecule has 0 saturated heterocycles. The van der Waals surface area contributed by atoms with E-state index < -0.39 is 29.3 Å². The van der Waals surface area contributed by atoms with Crippen LogP contribution in [0, 0.1) is 0 Å². The van der Waals surface area contributed by atoms with Gasteiger partial charge < -0.3 is 9.84 Å². The van der Waals surface area contributed by atoms with E-state index in [-0.39, 0.29) is 17.3 Å². The molecule has 0 atom stereocenters. The van der Waals surface area contributed by atoms with E-state index in [1.165, 1.54) is 18.5 Å². The maximum atomic E-state index is 12.9. The highest BCUT2D eigenvalue weighted by Crippen LogP contribution is 2.48. The molecule has 1 fully saturated rings. The van der Waals surface area contributed by atoms with Crippen molar-refractivity contribution in [3.8, 4) is 11.4 Å². The normalized spacial score (nSPS) is 15.9. The second-order valence-corrected chi connectivity index (χ2v) is 6.50. The minimum Gasteiger partial charge on any atom is -0.345 e. The first-order valence-corrected chi connectivity index (χ1v) is 8.26. The third kappa shape index (κ3) is 3.87.